The van der Waals surface area contributed by atoms with E-state index in [4.69, 9.17) is 5.11 Å². The maximum Gasteiger partial charge on any atom is 0.328 e. The first kappa shape index (κ1) is 14.3. The van der Waals surface area contributed by atoms with Crippen molar-refractivity contribution in [1.29, 1.82) is 0 Å². The van der Waals surface area contributed by atoms with Crippen molar-refractivity contribution >= 4 is 18.0 Å². The molecule has 0 atom stereocenters. The molecule has 0 radical (unpaired) electrons. The van der Waals surface area contributed by atoms with Crippen LogP contribution in [0.25, 0.3) is 6.08 Å². The van der Waals surface area contributed by atoms with Gasteiger partial charge < -0.3 is 10.4 Å². The van der Waals surface area contributed by atoms with Crippen LogP contribution in [0.2, 0.25) is 0 Å². The van der Waals surface area contributed by atoms with Crippen LogP contribution in [0, 0.1) is 6.92 Å². The number of hydrogen-bond donors (Lipinski definition) is 2. The lowest BCUT2D eigenvalue weighted by Crippen LogP contribution is -2.51. The predicted octanol–water partition coefficient (Wildman–Crippen LogP) is 2.77. The van der Waals surface area contributed by atoms with Gasteiger partial charge in [-0.15, -0.1) is 0 Å². The van der Waals surface area contributed by atoms with Crippen LogP contribution in [-0.2, 0) is 4.79 Å². The number of nitrogens with one attached hydrogen (secondary N) is 1. The van der Waals surface area contributed by atoms with Crippen LogP contribution in [-0.4, -0.2) is 22.5 Å². The third kappa shape index (κ3) is 3.07. The lowest BCUT2D eigenvalue weighted by atomic mass is 9.78. The van der Waals surface area contributed by atoms with Gasteiger partial charge in [-0.2, -0.15) is 0 Å². The van der Waals surface area contributed by atoms with Crippen LogP contribution in [0.15, 0.2) is 24.3 Å². The van der Waals surface area contributed by atoms with Gasteiger partial charge in [0.25, 0.3) is 5.91 Å². The second-order valence-electron chi connectivity index (χ2n) is 5.56. The second-order valence-corrected chi connectivity index (χ2v) is 5.56. The zero-order chi connectivity index (χ0) is 14.8. The maximum absolute atomic E-state index is 12.3. The van der Waals surface area contributed by atoms with Gasteiger partial charge in [0.2, 0.25) is 0 Å². The van der Waals surface area contributed by atoms with E-state index in [2.05, 4.69) is 12.2 Å². The summed E-state index contributed by atoms with van der Waals surface area (Å²) >= 11 is 0. The largest absolute Gasteiger partial charge is 0.478 e. The molecular formula is C16H19NO3. The summed E-state index contributed by atoms with van der Waals surface area (Å²) in [5.74, 6) is -1.09. The Balaban J connectivity index is 2.21. The molecular weight excluding hydrogens is 254 g/mol. The van der Waals surface area contributed by atoms with Crippen LogP contribution in [0.1, 0.15) is 47.7 Å². The molecule has 0 heterocycles. The Hall–Kier alpha value is -2.10. The molecule has 0 aromatic heterocycles. The van der Waals surface area contributed by atoms with Crippen LogP contribution < -0.4 is 5.32 Å². The Kier molecular flexibility index (Phi) is 3.93. The molecule has 4 nitrogen and oxygen atoms in total. The summed E-state index contributed by atoms with van der Waals surface area (Å²) < 4.78 is 0. The number of aliphatic carboxylic acids is 1. The molecule has 1 aromatic carbocycles. The zero-order valence-electron chi connectivity index (χ0n) is 11.8. The minimum Gasteiger partial charge on any atom is -0.478 e. The molecule has 1 saturated carbocycles. The van der Waals surface area contributed by atoms with Crippen molar-refractivity contribution in [3.05, 3.63) is 41.0 Å². The van der Waals surface area contributed by atoms with Crippen molar-refractivity contribution in [2.45, 2.75) is 38.6 Å². The van der Waals surface area contributed by atoms with Gasteiger partial charge in [0.15, 0.2) is 0 Å². The van der Waals surface area contributed by atoms with E-state index < -0.39 is 5.97 Å². The molecule has 0 spiro atoms. The highest BCUT2D eigenvalue weighted by Gasteiger charge is 2.33. The van der Waals surface area contributed by atoms with Crippen LogP contribution in [0.3, 0.4) is 0 Å². The van der Waals surface area contributed by atoms with E-state index in [1.54, 1.807) is 18.2 Å². The van der Waals surface area contributed by atoms with Crippen molar-refractivity contribution in [3.8, 4) is 0 Å². The zero-order valence-corrected chi connectivity index (χ0v) is 11.8. The number of benzene rings is 1. The summed E-state index contributed by atoms with van der Waals surface area (Å²) in [6, 6.07) is 5.34. The lowest BCUT2D eigenvalue weighted by Gasteiger charge is -2.39. The van der Waals surface area contributed by atoms with Crippen molar-refractivity contribution < 1.29 is 14.7 Å². The van der Waals surface area contributed by atoms with Crippen molar-refractivity contribution in [2.75, 3.05) is 0 Å². The molecule has 0 aliphatic heterocycles. The fourth-order valence-corrected chi connectivity index (χ4v) is 2.41. The Morgan fingerprint density at radius 3 is 2.60 bits per heavy atom. The molecule has 1 amide bonds. The van der Waals surface area contributed by atoms with Crippen LogP contribution in [0.5, 0.6) is 0 Å². The standard InChI is InChI=1S/C16H19NO3/c1-11-12(7-8-14(18)19)5-3-6-13(11)15(20)17-16(2)9-4-10-16/h3,5-8H,4,9-10H2,1-2H3,(H,17,20)(H,18,19)/b8-7+. The molecule has 1 aliphatic carbocycles. The molecule has 2 rings (SSSR count). The van der Waals surface area contributed by atoms with Gasteiger partial charge in [0.05, 0.1) is 0 Å². The molecule has 0 bridgehead atoms. The highest BCUT2D eigenvalue weighted by atomic mass is 16.4. The van der Waals surface area contributed by atoms with E-state index in [0.717, 1.165) is 36.5 Å². The normalized spacial score (nSPS) is 16.7. The predicted molar refractivity (Wildman–Crippen MR) is 77.6 cm³/mol. The first-order valence-corrected chi connectivity index (χ1v) is 6.74. The molecule has 20 heavy (non-hydrogen) atoms. The van der Waals surface area contributed by atoms with E-state index in [1.165, 1.54) is 6.08 Å². The molecule has 0 unspecified atom stereocenters. The molecule has 1 fully saturated rings. The highest BCUT2D eigenvalue weighted by molar-refractivity contribution is 5.97. The fraction of sp³-hybridized carbons (Fsp3) is 0.375. The number of amides is 1. The van der Waals surface area contributed by atoms with E-state index in [9.17, 15) is 9.59 Å². The first-order valence-electron chi connectivity index (χ1n) is 6.74. The molecule has 4 heteroatoms. The molecule has 2 N–H and O–H groups in total. The van der Waals surface area contributed by atoms with Gasteiger partial charge in [-0.05, 0) is 56.4 Å². The SMILES string of the molecule is Cc1c(/C=C/C(=O)O)cccc1C(=O)NC1(C)CCC1. The van der Waals surface area contributed by atoms with E-state index in [1.807, 2.05) is 6.92 Å². The minimum atomic E-state index is -0.999. The smallest absolute Gasteiger partial charge is 0.328 e. The van der Waals surface area contributed by atoms with Crippen molar-refractivity contribution in [1.82, 2.24) is 5.32 Å². The molecule has 1 aliphatic rings. The quantitative estimate of drug-likeness (QED) is 0.829. The van der Waals surface area contributed by atoms with Gasteiger partial charge >= 0.3 is 5.97 Å². The second kappa shape index (κ2) is 5.49. The van der Waals surface area contributed by atoms with Crippen molar-refractivity contribution in [3.63, 3.8) is 0 Å². The summed E-state index contributed by atoms with van der Waals surface area (Å²) in [5, 5.41) is 11.7. The monoisotopic (exact) mass is 273 g/mol. The van der Waals surface area contributed by atoms with E-state index >= 15 is 0 Å². The van der Waals surface area contributed by atoms with Gasteiger partial charge in [-0.1, -0.05) is 12.1 Å². The third-order valence-corrected chi connectivity index (χ3v) is 3.90. The highest BCUT2D eigenvalue weighted by Crippen LogP contribution is 2.31. The van der Waals surface area contributed by atoms with Crippen LogP contribution in [0.4, 0.5) is 0 Å². The third-order valence-electron chi connectivity index (χ3n) is 3.90. The van der Waals surface area contributed by atoms with E-state index in [0.29, 0.717) is 5.56 Å². The minimum absolute atomic E-state index is 0.0869. The first-order chi connectivity index (χ1) is 9.41. The Morgan fingerprint density at radius 1 is 1.35 bits per heavy atom. The number of carboxylic acid groups (broad SMARTS) is 1. The molecule has 106 valence electrons. The van der Waals surface area contributed by atoms with Gasteiger partial charge in [-0.3, -0.25) is 4.79 Å². The Bertz CT molecular complexity index is 571. The number of carbonyl (C=O) groups excluding carboxylic acids is 1. The topological polar surface area (TPSA) is 66.4 Å². The Morgan fingerprint density at radius 2 is 2.05 bits per heavy atom. The van der Waals surface area contributed by atoms with Crippen molar-refractivity contribution in [2.24, 2.45) is 0 Å². The average molecular weight is 273 g/mol. The van der Waals surface area contributed by atoms with Gasteiger partial charge in [-0.25, -0.2) is 4.79 Å². The number of carboxylic acids is 1. The summed E-state index contributed by atoms with van der Waals surface area (Å²) in [6.45, 7) is 3.89. The van der Waals surface area contributed by atoms with Crippen LogP contribution >= 0.6 is 0 Å². The molecule has 1 aromatic rings. The summed E-state index contributed by atoms with van der Waals surface area (Å²) in [7, 11) is 0. The fourth-order valence-electron chi connectivity index (χ4n) is 2.41. The lowest BCUT2D eigenvalue weighted by molar-refractivity contribution is -0.131. The number of carbonyl (C=O) groups is 2. The maximum atomic E-state index is 12.3. The molecule has 0 saturated heterocycles. The van der Waals surface area contributed by atoms with E-state index in [-0.39, 0.29) is 11.4 Å². The van der Waals surface area contributed by atoms with Gasteiger partial charge in [0, 0.05) is 17.2 Å². The Labute approximate surface area is 118 Å². The number of hydrogen-bond acceptors (Lipinski definition) is 2. The summed E-state index contributed by atoms with van der Waals surface area (Å²) in [5.41, 5.74) is 2.06. The van der Waals surface area contributed by atoms with Gasteiger partial charge in [0.1, 0.15) is 0 Å². The summed E-state index contributed by atoms with van der Waals surface area (Å²) in [4.78, 5) is 22.9. The number of rotatable bonds is 4. The summed E-state index contributed by atoms with van der Waals surface area (Å²) in [6.07, 6.45) is 5.76. The average Bonchev–Trinajstić information content (AvgIpc) is 2.35.